The zero-order valence-electron chi connectivity index (χ0n) is 15.4. The van der Waals surface area contributed by atoms with Crippen LogP contribution < -0.4 is 10.6 Å². The van der Waals surface area contributed by atoms with Gasteiger partial charge in [0.05, 0.1) is 19.6 Å². The fraction of sp³-hybridized carbons (Fsp3) is 0.353. The van der Waals surface area contributed by atoms with Gasteiger partial charge in [0.2, 0.25) is 0 Å². The maximum atomic E-state index is 4.65. The third-order valence-corrected chi connectivity index (χ3v) is 3.79. The van der Waals surface area contributed by atoms with Gasteiger partial charge in [-0.25, -0.2) is 19.6 Å². The van der Waals surface area contributed by atoms with Crippen LogP contribution in [0, 0.1) is 0 Å². The van der Waals surface area contributed by atoms with Crippen LogP contribution in [0.3, 0.4) is 0 Å². The van der Waals surface area contributed by atoms with E-state index >= 15 is 0 Å². The summed E-state index contributed by atoms with van der Waals surface area (Å²) in [6, 6.07) is 8.32. The Labute approximate surface area is 175 Å². The van der Waals surface area contributed by atoms with Crippen molar-refractivity contribution in [2.75, 3.05) is 6.54 Å². The molecule has 2 heterocycles. The molecule has 27 heavy (non-hydrogen) atoms. The summed E-state index contributed by atoms with van der Waals surface area (Å²) in [4.78, 5) is 12.8. The van der Waals surface area contributed by atoms with Crippen molar-refractivity contribution in [1.82, 2.24) is 40.2 Å². The fourth-order valence-corrected chi connectivity index (χ4v) is 2.48. The second kappa shape index (κ2) is 10.6. The second-order valence-electron chi connectivity index (χ2n) is 5.76. The highest BCUT2D eigenvalue weighted by molar-refractivity contribution is 14.0. The van der Waals surface area contributed by atoms with Crippen LogP contribution in [0.4, 0.5) is 0 Å². The number of nitrogens with zero attached hydrogens (tertiary/aromatic N) is 7. The lowest BCUT2D eigenvalue weighted by atomic mass is 10.1. The Bertz CT molecular complexity index is 842. The Kier molecular flexibility index (Phi) is 8.17. The third kappa shape index (κ3) is 6.31. The van der Waals surface area contributed by atoms with Gasteiger partial charge in [-0.3, -0.25) is 4.68 Å². The average molecular weight is 481 g/mol. The molecule has 2 aromatic heterocycles. The molecular weight excluding hydrogens is 457 g/mol. The standard InChI is InChI=1S/C17H23N9.HI/c1-3-19-17(21-9-16-22-12-23-25(16)2)20-8-14-5-4-6-15(7-14)10-26-13-18-11-24-26;/h4-7,11-13H,3,8-10H2,1-2H3,(H2,19,20,21);1H. The van der Waals surface area contributed by atoms with Crippen LogP contribution in [-0.4, -0.2) is 42.0 Å². The molecule has 2 N–H and O–H groups in total. The summed E-state index contributed by atoms with van der Waals surface area (Å²) < 4.78 is 3.54. The van der Waals surface area contributed by atoms with Gasteiger partial charge in [-0.05, 0) is 18.1 Å². The first kappa shape index (κ1) is 20.8. The third-order valence-electron chi connectivity index (χ3n) is 3.79. The van der Waals surface area contributed by atoms with Gasteiger partial charge in [0.15, 0.2) is 5.96 Å². The van der Waals surface area contributed by atoms with Gasteiger partial charge >= 0.3 is 0 Å². The molecule has 3 rings (SSSR count). The maximum absolute atomic E-state index is 4.65. The molecule has 0 aliphatic heterocycles. The summed E-state index contributed by atoms with van der Waals surface area (Å²) in [5.74, 6) is 1.60. The molecule has 0 saturated heterocycles. The van der Waals surface area contributed by atoms with E-state index in [1.807, 2.05) is 20.0 Å². The molecule has 0 fully saturated rings. The van der Waals surface area contributed by atoms with Crippen LogP contribution in [0.15, 0.2) is 48.2 Å². The molecule has 3 aromatic rings. The van der Waals surface area contributed by atoms with E-state index in [1.54, 1.807) is 28.3 Å². The van der Waals surface area contributed by atoms with Gasteiger partial charge in [0, 0.05) is 13.6 Å². The number of aromatic nitrogens is 6. The first-order valence-corrected chi connectivity index (χ1v) is 8.50. The Hall–Kier alpha value is -2.50. The van der Waals surface area contributed by atoms with Crippen LogP contribution >= 0.6 is 24.0 Å². The molecule has 0 bridgehead atoms. The predicted molar refractivity (Wildman–Crippen MR) is 114 cm³/mol. The van der Waals surface area contributed by atoms with Gasteiger partial charge in [-0.15, -0.1) is 24.0 Å². The van der Waals surface area contributed by atoms with Crippen LogP contribution in [0.25, 0.3) is 0 Å². The molecular formula is C17H24IN9. The smallest absolute Gasteiger partial charge is 0.191 e. The number of benzene rings is 1. The Morgan fingerprint density at radius 2 is 2.00 bits per heavy atom. The highest BCUT2D eigenvalue weighted by Gasteiger charge is 2.03. The Morgan fingerprint density at radius 1 is 1.15 bits per heavy atom. The van der Waals surface area contributed by atoms with Crippen molar-refractivity contribution in [3.8, 4) is 0 Å². The monoisotopic (exact) mass is 481 g/mol. The Balaban J connectivity index is 0.00000261. The van der Waals surface area contributed by atoms with Crippen molar-refractivity contribution in [1.29, 1.82) is 0 Å². The summed E-state index contributed by atoms with van der Waals surface area (Å²) in [7, 11) is 1.87. The lowest BCUT2D eigenvalue weighted by molar-refractivity contribution is 0.673. The van der Waals surface area contributed by atoms with Gasteiger partial charge in [-0.2, -0.15) is 10.2 Å². The normalized spacial score (nSPS) is 11.1. The largest absolute Gasteiger partial charge is 0.357 e. The summed E-state index contributed by atoms with van der Waals surface area (Å²) in [6.45, 7) is 4.67. The highest BCUT2D eigenvalue weighted by Crippen LogP contribution is 2.08. The molecule has 0 radical (unpaired) electrons. The summed E-state index contributed by atoms with van der Waals surface area (Å²) in [5, 5.41) is 14.7. The maximum Gasteiger partial charge on any atom is 0.191 e. The predicted octanol–water partition coefficient (Wildman–Crippen LogP) is 1.33. The van der Waals surface area contributed by atoms with E-state index in [0.29, 0.717) is 19.6 Å². The molecule has 0 amide bonds. The summed E-state index contributed by atoms with van der Waals surface area (Å²) in [5.41, 5.74) is 2.30. The number of halogens is 1. The second-order valence-corrected chi connectivity index (χ2v) is 5.76. The number of aliphatic imine (C=N–C) groups is 1. The van der Waals surface area contributed by atoms with E-state index in [9.17, 15) is 0 Å². The molecule has 0 atom stereocenters. The van der Waals surface area contributed by atoms with Crippen LogP contribution in [0.2, 0.25) is 0 Å². The number of hydrogen-bond acceptors (Lipinski definition) is 5. The van der Waals surface area contributed by atoms with Crippen molar-refractivity contribution in [3.63, 3.8) is 0 Å². The van der Waals surface area contributed by atoms with Gasteiger partial charge in [0.25, 0.3) is 0 Å². The van der Waals surface area contributed by atoms with Crippen molar-refractivity contribution in [2.24, 2.45) is 12.0 Å². The molecule has 1 aromatic carbocycles. The highest BCUT2D eigenvalue weighted by atomic mass is 127. The topological polar surface area (TPSA) is 97.8 Å². The van der Waals surface area contributed by atoms with Gasteiger partial charge in [0.1, 0.15) is 24.8 Å². The van der Waals surface area contributed by atoms with E-state index in [0.717, 1.165) is 23.9 Å². The molecule has 0 saturated carbocycles. The minimum absolute atomic E-state index is 0. The lowest BCUT2D eigenvalue weighted by Crippen LogP contribution is -2.37. The molecule has 0 unspecified atom stereocenters. The van der Waals surface area contributed by atoms with E-state index in [1.165, 1.54) is 5.56 Å². The molecule has 10 heteroatoms. The van der Waals surface area contributed by atoms with E-state index in [-0.39, 0.29) is 24.0 Å². The summed E-state index contributed by atoms with van der Waals surface area (Å²) >= 11 is 0. The zero-order chi connectivity index (χ0) is 18.2. The SMILES string of the molecule is CCNC(=NCc1cccc(Cn2cncn2)c1)NCc1ncnn1C.I. The number of aryl methyl sites for hydroxylation is 1. The minimum Gasteiger partial charge on any atom is -0.357 e. The average Bonchev–Trinajstić information content (AvgIpc) is 3.29. The number of nitrogens with one attached hydrogen (secondary N) is 2. The Morgan fingerprint density at radius 3 is 2.70 bits per heavy atom. The van der Waals surface area contributed by atoms with Gasteiger partial charge < -0.3 is 10.6 Å². The van der Waals surface area contributed by atoms with E-state index < -0.39 is 0 Å². The van der Waals surface area contributed by atoms with Crippen molar-refractivity contribution >= 4 is 29.9 Å². The number of hydrogen-bond donors (Lipinski definition) is 2. The molecule has 0 spiro atoms. The van der Waals surface area contributed by atoms with Crippen LogP contribution in [0.1, 0.15) is 23.9 Å². The lowest BCUT2D eigenvalue weighted by Gasteiger charge is -2.11. The molecule has 144 valence electrons. The first-order valence-electron chi connectivity index (χ1n) is 8.50. The van der Waals surface area contributed by atoms with E-state index in [4.69, 9.17) is 0 Å². The molecule has 0 aliphatic rings. The van der Waals surface area contributed by atoms with Crippen LogP contribution in [0.5, 0.6) is 0 Å². The first-order chi connectivity index (χ1) is 12.7. The number of guanidine groups is 1. The zero-order valence-corrected chi connectivity index (χ0v) is 17.7. The quantitative estimate of drug-likeness (QED) is 0.300. The van der Waals surface area contributed by atoms with Gasteiger partial charge in [-0.1, -0.05) is 24.3 Å². The van der Waals surface area contributed by atoms with Crippen molar-refractivity contribution < 1.29 is 0 Å². The van der Waals surface area contributed by atoms with Crippen molar-refractivity contribution in [2.45, 2.75) is 26.6 Å². The molecule has 0 aliphatic carbocycles. The minimum atomic E-state index is 0. The number of rotatable bonds is 7. The van der Waals surface area contributed by atoms with Crippen LogP contribution in [-0.2, 0) is 26.7 Å². The fourth-order valence-electron chi connectivity index (χ4n) is 2.48. The van der Waals surface area contributed by atoms with E-state index in [2.05, 4.69) is 54.0 Å². The van der Waals surface area contributed by atoms with Crippen molar-refractivity contribution in [3.05, 3.63) is 60.2 Å². The molecule has 9 nitrogen and oxygen atoms in total. The summed E-state index contributed by atoms with van der Waals surface area (Å²) in [6.07, 6.45) is 4.80.